The van der Waals surface area contributed by atoms with Gasteiger partial charge in [-0.1, -0.05) is 0 Å². The second kappa shape index (κ2) is 11.3. The molecule has 1 aromatic carbocycles. The molecule has 0 saturated heterocycles. The molecule has 0 fully saturated rings. The zero-order valence-electron chi connectivity index (χ0n) is 13.6. The number of carbonyl (C=O) groups is 3. The second-order valence-corrected chi connectivity index (χ2v) is 16.6. The van der Waals surface area contributed by atoms with Gasteiger partial charge in [0.25, 0.3) is 0 Å². The van der Waals surface area contributed by atoms with Crippen LogP contribution in [0.4, 0.5) is 0 Å². The maximum absolute atomic E-state index is 10.9. The number of hydrogen-bond acceptors (Lipinski definition) is 8. The van der Waals surface area contributed by atoms with Gasteiger partial charge >= 0.3 is 161 Å². The van der Waals surface area contributed by atoms with Gasteiger partial charge in [0.1, 0.15) is 0 Å². The predicted octanol–water partition coefficient (Wildman–Crippen LogP) is -1.46. The van der Waals surface area contributed by atoms with E-state index in [2.05, 4.69) is 0 Å². The van der Waals surface area contributed by atoms with E-state index in [1.165, 1.54) is 20.0 Å². The third-order valence-electron chi connectivity index (χ3n) is 2.81. The first-order chi connectivity index (χ1) is 12.2. The molecule has 26 heavy (non-hydrogen) atoms. The van der Waals surface area contributed by atoms with Gasteiger partial charge in [0, 0.05) is 0 Å². The summed E-state index contributed by atoms with van der Waals surface area (Å²) in [7, 11) is 2.86. The molecule has 0 aliphatic heterocycles. The Morgan fingerprint density at radius 2 is 1.46 bits per heavy atom. The quantitative estimate of drug-likeness (QED) is 0.229. The normalized spacial score (nSPS) is 13.2. The van der Waals surface area contributed by atoms with E-state index in [0.717, 1.165) is 4.35 Å². The fourth-order valence-electron chi connectivity index (χ4n) is 1.44. The van der Waals surface area contributed by atoms with Crippen molar-refractivity contribution in [3.63, 3.8) is 0 Å². The molecule has 144 valence electrons. The molecule has 2 atom stereocenters. The number of carboxylic acids is 2. The van der Waals surface area contributed by atoms with Crippen LogP contribution in [-0.2, 0) is 14.4 Å². The summed E-state index contributed by atoms with van der Waals surface area (Å²) in [5.41, 5.74) is 16.1. The van der Waals surface area contributed by atoms with Crippen molar-refractivity contribution in [2.75, 3.05) is 18.1 Å². The van der Waals surface area contributed by atoms with Crippen molar-refractivity contribution in [3.05, 3.63) is 24.3 Å². The number of hydrogen-bond donors (Lipinski definition) is 5. The fourth-order valence-corrected chi connectivity index (χ4v) is 13.9. The van der Waals surface area contributed by atoms with E-state index in [1.54, 1.807) is 24.3 Å². The van der Waals surface area contributed by atoms with Gasteiger partial charge in [-0.25, -0.2) is 0 Å². The molecule has 0 spiro atoms. The number of ether oxygens (including phenoxy) is 1. The molecule has 1 aromatic rings. The van der Waals surface area contributed by atoms with Crippen LogP contribution < -0.4 is 26.3 Å². The monoisotopic (exact) mass is 465 g/mol. The summed E-state index contributed by atoms with van der Waals surface area (Å²) >= 11 is -1.93. The summed E-state index contributed by atoms with van der Waals surface area (Å²) in [6, 6.07) is 4.96. The van der Waals surface area contributed by atoms with Crippen LogP contribution in [0.15, 0.2) is 24.3 Å². The van der Waals surface area contributed by atoms with Crippen molar-refractivity contribution in [1.29, 1.82) is 0 Å². The van der Waals surface area contributed by atoms with Gasteiger partial charge in [-0.15, -0.1) is 0 Å². The third-order valence-corrected chi connectivity index (χ3v) is 16.1. The Hall–Kier alpha value is -1.39. The Labute approximate surface area is 161 Å². The number of rotatable bonds is 12. The number of amides is 1. The number of primary amides is 1. The van der Waals surface area contributed by atoms with Crippen LogP contribution in [0, 0.1) is 0 Å². The first kappa shape index (κ1) is 22.6. The van der Waals surface area contributed by atoms with Crippen LogP contribution in [0.5, 0.6) is 5.75 Å². The Kier molecular flexibility index (Phi) is 9.89. The average Bonchev–Trinajstić information content (AvgIpc) is 2.59. The minimum atomic E-state index is -1.93. The maximum atomic E-state index is 10.9. The molecular formula is C14H20AsN3O6S2. The molecule has 8 N–H and O–H groups in total. The molecule has 0 saturated carbocycles. The molecule has 0 radical (unpaired) electrons. The minimum absolute atomic E-state index is 0.213. The van der Waals surface area contributed by atoms with Crippen LogP contribution >= 0.6 is 20.0 Å². The molecule has 0 heterocycles. The summed E-state index contributed by atoms with van der Waals surface area (Å²) in [6.45, 7) is -0.231. The number of carboxylic acid groups (broad SMARTS) is 2. The molecule has 0 aliphatic rings. The van der Waals surface area contributed by atoms with E-state index in [4.69, 9.17) is 32.2 Å². The molecule has 12 heteroatoms. The Balaban J connectivity index is 2.79. The molecule has 0 unspecified atom stereocenters. The van der Waals surface area contributed by atoms with Crippen molar-refractivity contribution in [2.45, 2.75) is 12.1 Å². The van der Waals surface area contributed by atoms with Gasteiger partial charge in [0.2, 0.25) is 0 Å². The van der Waals surface area contributed by atoms with Crippen molar-refractivity contribution in [2.24, 2.45) is 17.2 Å². The number of nitrogens with two attached hydrogens (primary N) is 3. The van der Waals surface area contributed by atoms with E-state index >= 15 is 0 Å². The predicted molar refractivity (Wildman–Crippen MR) is 103 cm³/mol. The zero-order chi connectivity index (χ0) is 19.7. The number of carbonyl (C=O) groups excluding carboxylic acids is 1. The third kappa shape index (κ3) is 8.33. The van der Waals surface area contributed by atoms with E-state index in [9.17, 15) is 14.4 Å². The Bertz CT molecular complexity index is 610. The van der Waals surface area contributed by atoms with Crippen LogP contribution in [0.2, 0.25) is 0 Å². The van der Waals surface area contributed by atoms with E-state index < -0.39 is 42.3 Å². The standard InChI is InChI=1S/C14H20AsN3O6S2/c16-10(13(20)21)6-25-15(26-7-11(17)14(22)23)8-1-3-9(4-2-8)24-5-12(18)19/h1-4,10-11H,5-7,16-17H2,(H2,18,19)(H,20,21)(H,22,23)/t10-,11-/m0/s1. The average molecular weight is 465 g/mol. The molecule has 0 aromatic heterocycles. The van der Waals surface area contributed by atoms with Crippen molar-refractivity contribution >= 4 is 54.6 Å². The van der Waals surface area contributed by atoms with Gasteiger partial charge in [-0.05, 0) is 0 Å². The Morgan fingerprint density at radius 1 is 1.00 bits per heavy atom. The molecule has 0 bridgehead atoms. The molecule has 9 nitrogen and oxygen atoms in total. The number of benzene rings is 1. The van der Waals surface area contributed by atoms with E-state index in [0.29, 0.717) is 5.75 Å². The van der Waals surface area contributed by atoms with Gasteiger partial charge in [0.05, 0.1) is 0 Å². The van der Waals surface area contributed by atoms with Crippen molar-refractivity contribution in [1.82, 2.24) is 0 Å². The fraction of sp³-hybridized carbons (Fsp3) is 0.357. The summed E-state index contributed by atoms with van der Waals surface area (Å²) in [4.78, 5) is 32.5. The first-order valence-corrected chi connectivity index (χ1v) is 14.7. The molecule has 1 rings (SSSR count). The summed E-state index contributed by atoms with van der Waals surface area (Å²) in [5, 5.41) is 17.8. The van der Waals surface area contributed by atoms with Gasteiger partial charge in [0.15, 0.2) is 0 Å². The second-order valence-electron chi connectivity index (χ2n) is 4.99. The van der Waals surface area contributed by atoms with E-state index in [1.807, 2.05) is 0 Å². The first-order valence-electron chi connectivity index (χ1n) is 7.24. The van der Waals surface area contributed by atoms with Crippen molar-refractivity contribution in [3.8, 4) is 5.75 Å². The van der Waals surface area contributed by atoms with Crippen LogP contribution in [0.25, 0.3) is 0 Å². The van der Waals surface area contributed by atoms with Gasteiger partial charge < -0.3 is 0 Å². The van der Waals surface area contributed by atoms with Crippen LogP contribution in [0.3, 0.4) is 0 Å². The number of aliphatic carboxylic acids is 2. The summed E-state index contributed by atoms with van der Waals surface area (Å²) < 4.78 is 6.15. The zero-order valence-corrected chi connectivity index (χ0v) is 17.1. The molecular weight excluding hydrogens is 445 g/mol. The van der Waals surface area contributed by atoms with Crippen molar-refractivity contribution < 1.29 is 29.3 Å². The van der Waals surface area contributed by atoms with Gasteiger partial charge in [-0.3, -0.25) is 0 Å². The topological polar surface area (TPSA) is 179 Å². The Morgan fingerprint density at radius 3 is 1.85 bits per heavy atom. The van der Waals surface area contributed by atoms with Gasteiger partial charge in [-0.2, -0.15) is 0 Å². The van der Waals surface area contributed by atoms with E-state index in [-0.39, 0.29) is 18.1 Å². The van der Waals surface area contributed by atoms with Crippen LogP contribution in [0.1, 0.15) is 0 Å². The molecule has 1 amide bonds. The summed E-state index contributed by atoms with van der Waals surface area (Å²) in [6.07, 6.45) is 0. The van der Waals surface area contributed by atoms with Crippen LogP contribution in [-0.4, -0.2) is 70.6 Å². The SMILES string of the molecule is NC(=O)COc1ccc([As](SC[C@H](N)C(=O)O)SC[C@H](N)C(=O)O)cc1. The molecule has 0 aliphatic carbocycles. The summed E-state index contributed by atoms with van der Waals surface area (Å²) in [5.74, 6) is -1.86.